The van der Waals surface area contributed by atoms with Gasteiger partial charge in [0.15, 0.2) is 11.6 Å². The number of hydrogen-bond donors (Lipinski definition) is 0. The molecule has 1 aromatic heterocycles. The van der Waals surface area contributed by atoms with Gasteiger partial charge in [-0.2, -0.15) is 0 Å². The van der Waals surface area contributed by atoms with Gasteiger partial charge < -0.3 is 4.42 Å². The number of hydrogen-bond acceptors (Lipinski definition) is 3. The Bertz CT molecular complexity index is 939. The quantitative estimate of drug-likeness (QED) is 0.334. The molecule has 0 spiro atoms. The first-order chi connectivity index (χ1) is 10.9. The summed E-state index contributed by atoms with van der Waals surface area (Å²) in [5.74, 6) is -3.27. The summed E-state index contributed by atoms with van der Waals surface area (Å²) in [6.45, 7) is 0. The fourth-order valence-electron chi connectivity index (χ4n) is 2.37. The molecule has 0 unspecified atom stereocenters. The number of furan rings is 1. The van der Waals surface area contributed by atoms with E-state index in [1.807, 2.05) is 22.6 Å². The lowest BCUT2D eigenvalue weighted by molar-refractivity contribution is -0.384. The van der Waals surface area contributed by atoms with Crippen molar-refractivity contribution in [1.29, 1.82) is 0 Å². The van der Waals surface area contributed by atoms with Crippen LogP contribution < -0.4 is 0 Å². The topological polar surface area (TPSA) is 56.3 Å². The molecule has 0 saturated carbocycles. The standard InChI is InChI=1S/C15H7F3INO3/c16-11-6-8(19)2-1-7(11)5-10-13(18)12(17)9-3-4-23-15(9)14(10)20(21)22/h1-4,6H,5H2. The second-order valence-corrected chi connectivity index (χ2v) is 6.03. The van der Waals surface area contributed by atoms with E-state index in [4.69, 9.17) is 4.42 Å². The maximum absolute atomic E-state index is 14.3. The molecule has 0 radical (unpaired) electrons. The summed E-state index contributed by atoms with van der Waals surface area (Å²) >= 11 is 1.90. The third-order valence-electron chi connectivity index (χ3n) is 3.43. The Balaban J connectivity index is 2.25. The molecule has 0 saturated heterocycles. The van der Waals surface area contributed by atoms with E-state index in [0.29, 0.717) is 3.57 Å². The van der Waals surface area contributed by atoms with Gasteiger partial charge >= 0.3 is 5.69 Å². The van der Waals surface area contributed by atoms with E-state index < -0.39 is 40.0 Å². The Morgan fingerprint density at radius 3 is 2.57 bits per heavy atom. The van der Waals surface area contributed by atoms with Crippen LogP contribution >= 0.6 is 22.6 Å². The van der Waals surface area contributed by atoms with Crippen LogP contribution in [-0.4, -0.2) is 4.92 Å². The molecule has 2 aromatic carbocycles. The lowest BCUT2D eigenvalue weighted by Crippen LogP contribution is -2.05. The molecule has 0 aliphatic rings. The average molecular weight is 433 g/mol. The SMILES string of the molecule is O=[N+]([O-])c1c(Cc2ccc(I)cc2F)c(F)c(F)c2ccoc12. The molecule has 0 bridgehead atoms. The number of benzene rings is 2. The lowest BCUT2D eigenvalue weighted by Gasteiger charge is -2.08. The molecule has 3 aromatic rings. The Kier molecular flexibility index (Phi) is 4.00. The fourth-order valence-corrected chi connectivity index (χ4v) is 2.82. The third-order valence-corrected chi connectivity index (χ3v) is 4.10. The highest BCUT2D eigenvalue weighted by molar-refractivity contribution is 14.1. The van der Waals surface area contributed by atoms with Crippen LogP contribution in [0.3, 0.4) is 0 Å². The summed E-state index contributed by atoms with van der Waals surface area (Å²) in [4.78, 5) is 10.4. The Labute approximate surface area is 141 Å². The number of nitro groups is 1. The summed E-state index contributed by atoms with van der Waals surface area (Å²) in [6, 6.07) is 5.27. The summed E-state index contributed by atoms with van der Waals surface area (Å²) in [5.41, 5.74) is -1.58. The Morgan fingerprint density at radius 1 is 1.17 bits per heavy atom. The first-order valence-electron chi connectivity index (χ1n) is 6.35. The number of halogens is 4. The zero-order valence-electron chi connectivity index (χ0n) is 11.3. The molecule has 8 heteroatoms. The van der Waals surface area contributed by atoms with Crippen LogP contribution in [0.5, 0.6) is 0 Å². The summed E-state index contributed by atoms with van der Waals surface area (Å²) < 4.78 is 47.8. The van der Waals surface area contributed by atoms with Crippen molar-refractivity contribution in [1.82, 2.24) is 0 Å². The molecule has 0 N–H and O–H groups in total. The molecule has 4 nitrogen and oxygen atoms in total. The number of fused-ring (bicyclic) bond motifs is 1. The number of nitrogens with zero attached hydrogens (tertiary/aromatic N) is 1. The van der Waals surface area contributed by atoms with Crippen molar-refractivity contribution in [2.24, 2.45) is 0 Å². The minimum atomic E-state index is -1.37. The van der Waals surface area contributed by atoms with Gasteiger partial charge in [0, 0.05) is 9.99 Å². The maximum atomic E-state index is 14.3. The predicted octanol–water partition coefficient (Wildman–Crippen LogP) is 4.95. The Morgan fingerprint density at radius 2 is 1.91 bits per heavy atom. The lowest BCUT2D eigenvalue weighted by atomic mass is 10.0. The van der Waals surface area contributed by atoms with Crippen molar-refractivity contribution in [3.63, 3.8) is 0 Å². The van der Waals surface area contributed by atoms with Gasteiger partial charge in [0.1, 0.15) is 5.82 Å². The molecule has 0 aliphatic heterocycles. The number of nitro benzene ring substituents is 1. The zero-order chi connectivity index (χ0) is 16.7. The molecule has 0 aliphatic carbocycles. The van der Waals surface area contributed by atoms with Crippen LogP contribution in [0.1, 0.15) is 11.1 Å². The van der Waals surface area contributed by atoms with Gasteiger partial charge in [0.05, 0.1) is 22.1 Å². The molecular weight excluding hydrogens is 426 g/mol. The van der Waals surface area contributed by atoms with Gasteiger partial charge in [0.2, 0.25) is 5.58 Å². The van der Waals surface area contributed by atoms with Gasteiger partial charge in [-0.15, -0.1) is 0 Å². The van der Waals surface area contributed by atoms with Crippen molar-refractivity contribution in [3.05, 3.63) is 72.8 Å². The van der Waals surface area contributed by atoms with E-state index in [0.717, 1.165) is 12.3 Å². The van der Waals surface area contributed by atoms with Crippen molar-refractivity contribution in [2.75, 3.05) is 0 Å². The molecule has 0 atom stereocenters. The molecule has 118 valence electrons. The van der Waals surface area contributed by atoms with Gasteiger partial charge in [0.25, 0.3) is 0 Å². The monoisotopic (exact) mass is 433 g/mol. The first-order valence-corrected chi connectivity index (χ1v) is 7.43. The number of rotatable bonds is 3. The van der Waals surface area contributed by atoms with Crippen LogP contribution in [0.15, 0.2) is 34.9 Å². The molecule has 1 heterocycles. The van der Waals surface area contributed by atoms with Gasteiger partial charge in [-0.25, -0.2) is 13.2 Å². The van der Waals surface area contributed by atoms with Crippen molar-refractivity contribution in [3.8, 4) is 0 Å². The van der Waals surface area contributed by atoms with Crippen LogP contribution in [0.25, 0.3) is 11.0 Å². The maximum Gasteiger partial charge on any atom is 0.318 e. The minimum Gasteiger partial charge on any atom is -0.457 e. The predicted molar refractivity (Wildman–Crippen MR) is 84.7 cm³/mol. The summed E-state index contributed by atoms with van der Waals surface area (Å²) in [7, 11) is 0. The van der Waals surface area contributed by atoms with Gasteiger partial charge in [-0.05, 0) is 46.4 Å². The van der Waals surface area contributed by atoms with E-state index in [2.05, 4.69) is 0 Å². The van der Waals surface area contributed by atoms with Crippen LogP contribution in [0, 0.1) is 31.1 Å². The molecule has 0 amide bonds. The smallest absolute Gasteiger partial charge is 0.318 e. The normalized spacial score (nSPS) is 11.1. The minimum absolute atomic E-state index is 0.0257. The van der Waals surface area contributed by atoms with E-state index in [1.54, 1.807) is 6.07 Å². The molecule has 3 rings (SSSR count). The van der Waals surface area contributed by atoms with Gasteiger partial charge in [-0.3, -0.25) is 10.1 Å². The molecule has 23 heavy (non-hydrogen) atoms. The van der Waals surface area contributed by atoms with Crippen LogP contribution in [-0.2, 0) is 6.42 Å². The van der Waals surface area contributed by atoms with E-state index in [-0.39, 0.29) is 16.5 Å². The van der Waals surface area contributed by atoms with Crippen LogP contribution in [0.4, 0.5) is 18.9 Å². The Hall–Kier alpha value is -2.10. The highest BCUT2D eigenvalue weighted by Gasteiger charge is 2.30. The third kappa shape index (κ3) is 2.67. The van der Waals surface area contributed by atoms with Crippen molar-refractivity contribution in [2.45, 2.75) is 6.42 Å². The second kappa shape index (κ2) is 5.84. The van der Waals surface area contributed by atoms with Crippen molar-refractivity contribution < 1.29 is 22.5 Å². The average Bonchev–Trinajstić information content (AvgIpc) is 2.96. The summed E-state index contributed by atoms with van der Waals surface area (Å²) in [5, 5.41) is 11.0. The first kappa shape index (κ1) is 15.8. The molecule has 0 fully saturated rings. The van der Waals surface area contributed by atoms with Crippen LogP contribution in [0.2, 0.25) is 0 Å². The summed E-state index contributed by atoms with van der Waals surface area (Å²) in [6.07, 6.45) is 0.577. The van der Waals surface area contributed by atoms with E-state index >= 15 is 0 Å². The van der Waals surface area contributed by atoms with Gasteiger partial charge in [-0.1, -0.05) is 6.07 Å². The van der Waals surface area contributed by atoms with E-state index in [1.165, 1.54) is 12.1 Å². The highest BCUT2D eigenvalue weighted by Crippen LogP contribution is 2.36. The van der Waals surface area contributed by atoms with Crippen molar-refractivity contribution >= 4 is 39.2 Å². The largest absolute Gasteiger partial charge is 0.457 e. The zero-order valence-corrected chi connectivity index (χ0v) is 13.4. The van der Waals surface area contributed by atoms with E-state index in [9.17, 15) is 23.3 Å². The molecular formula is C15H7F3INO3. The highest BCUT2D eigenvalue weighted by atomic mass is 127. The second-order valence-electron chi connectivity index (χ2n) is 4.79. The fraction of sp³-hybridized carbons (Fsp3) is 0.0667.